The zero-order valence-electron chi connectivity index (χ0n) is 10.5. The van der Waals surface area contributed by atoms with Gasteiger partial charge in [0.15, 0.2) is 5.65 Å². The van der Waals surface area contributed by atoms with Crippen molar-refractivity contribution in [1.29, 1.82) is 0 Å². The lowest BCUT2D eigenvalue weighted by Crippen LogP contribution is -2.26. The van der Waals surface area contributed by atoms with E-state index >= 15 is 0 Å². The van der Waals surface area contributed by atoms with Gasteiger partial charge in [-0.2, -0.15) is 4.98 Å². The number of aromatic nitrogens is 3. The molecule has 0 unspecified atom stereocenters. The summed E-state index contributed by atoms with van der Waals surface area (Å²) in [5.74, 6) is 2.44. The van der Waals surface area contributed by atoms with E-state index in [9.17, 15) is 0 Å². The zero-order valence-corrected chi connectivity index (χ0v) is 10.5. The minimum Gasteiger partial charge on any atom is -0.339 e. The van der Waals surface area contributed by atoms with Gasteiger partial charge in [0.25, 0.3) is 0 Å². The van der Waals surface area contributed by atoms with Crippen molar-refractivity contribution in [2.75, 3.05) is 31.1 Å². The van der Waals surface area contributed by atoms with Gasteiger partial charge in [0.1, 0.15) is 0 Å². The predicted molar refractivity (Wildman–Crippen MR) is 69.8 cm³/mol. The minimum atomic E-state index is 0.776. The number of hydrogen-bond donors (Lipinski definition) is 1. The molecule has 0 saturated carbocycles. The molecule has 5 nitrogen and oxygen atoms in total. The molecule has 2 aliphatic rings. The van der Waals surface area contributed by atoms with E-state index in [-0.39, 0.29) is 0 Å². The molecular weight excluding hydrogens is 226 g/mol. The molecule has 1 N–H and O–H groups in total. The first-order valence-electron chi connectivity index (χ1n) is 6.58. The van der Waals surface area contributed by atoms with Crippen molar-refractivity contribution in [1.82, 2.24) is 19.9 Å². The fraction of sp³-hybridized carbons (Fsp3) is 0.538. The molecule has 94 valence electrons. The highest BCUT2D eigenvalue weighted by Gasteiger charge is 2.37. The number of anilines is 1. The highest BCUT2D eigenvalue weighted by Crippen LogP contribution is 2.28. The van der Waals surface area contributed by atoms with Crippen LogP contribution in [0.3, 0.4) is 0 Å². The fourth-order valence-electron chi connectivity index (χ4n) is 3.12. The molecule has 2 aliphatic heterocycles. The van der Waals surface area contributed by atoms with Crippen LogP contribution in [0.15, 0.2) is 18.3 Å². The first-order chi connectivity index (χ1) is 8.79. The average molecular weight is 243 g/mol. The summed E-state index contributed by atoms with van der Waals surface area (Å²) in [5.41, 5.74) is 2.17. The molecule has 4 rings (SSSR count). The Morgan fingerprint density at radius 3 is 2.83 bits per heavy atom. The quantitative estimate of drug-likeness (QED) is 0.800. The van der Waals surface area contributed by atoms with E-state index in [4.69, 9.17) is 0 Å². The van der Waals surface area contributed by atoms with Crippen LogP contribution in [0.2, 0.25) is 0 Å². The molecule has 0 aromatic carbocycles. The number of fused-ring (bicyclic) bond motifs is 2. The smallest absolute Gasteiger partial charge is 0.245 e. The number of nitrogens with zero attached hydrogens (tertiary/aromatic N) is 4. The second-order valence-corrected chi connectivity index (χ2v) is 5.50. The van der Waals surface area contributed by atoms with Crippen molar-refractivity contribution in [3.05, 3.63) is 23.9 Å². The first kappa shape index (κ1) is 10.3. The third kappa shape index (κ3) is 1.50. The molecule has 2 aromatic heterocycles. The van der Waals surface area contributed by atoms with Crippen molar-refractivity contribution < 1.29 is 0 Å². The summed E-state index contributed by atoms with van der Waals surface area (Å²) in [4.78, 5) is 6.97. The van der Waals surface area contributed by atoms with Crippen molar-refractivity contribution in [2.45, 2.75) is 6.92 Å². The molecule has 4 heterocycles. The molecule has 2 atom stereocenters. The van der Waals surface area contributed by atoms with Crippen LogP contribution < -0.4 is 10.2 Å². The maximum absolute atomic E-state index is 4.64. The Hall–Kier alpha value is -1.62. The van der Waals surface area contributed by atoms with Gasteiger partial charge in [0.05, 0.1) is 0 Å². The van der Waals surface area contributed by atoms with Crippen LogP contribution >= 0.6 is 0 Å². The summed E-state index contributed by atoms with van der Waals surface area (Å²) in [6.45, 7) is 6.56. The first-order valence-corrected chi connectivity index (χ1v) is 6.58. The second kappa shape index (κ2) is 3.68. The summed E-state index contributed by atoms with van der Waals surface area (Å²) in [7, 11) is 0. The highest BCUT2D eigenvalue weighted by molar-refractivity contribution is 5.47. The summed E-state index contributed by atoms with van der Waals surface area (Å²) in [6, 6.07) is 4.14. The monoisotopic (exact) mass is 243 g/mol. The topological polar surface area (TPSA) is 45.5 Å². The average Bonchev–Trinajstić information content (AvgIpc) is 2.99. The van der Waals surface area contributed by atoms with Gasteiger partial charge in [-0.25, -0.2) is 4.52 Å². The number of nitrogens with one attached hydrogen (secondary N) is 1. The van der Waals surface area contributed by atoms with E-state index in [0.29, 0.717) is 0 Å². The molecule has 18 heavy (non-hydrogen) atoms. The van der Waals surface area contributed by atoms with Gasteiger partial charge in [0, 0.05) is 32.4 Å². The van der Waals surface area contributed by atoms with E-state index in [2.05, 4.69) is 39.4 Å². The Morgan fingerprint density at radius 2 is 2.06 bits per heavy atom. The molecule has 2 saturated heterocycles. The van der Waals surface area contributed by atoms with E-state index in [1.807, 2.05) is 10.7 Å². The SMILES string of the molecule is Cc1ccn2nc(N3C[C@H]4CNC[C@H]4C3)nc2c1. The Bertz CT molecular complexity index is 578. The van der Waals surface area contributed by atoms with E-state index in [1.54, 1.807) is 0 Å². The van der Waals surface area contributed by atoms with Crippen LogP contribution in [0.5, 0.6) is 0 Å². The van der Waals surface area contributed by atoms with Crippen LogP contribution in [-0.2, 0) is 0 Å². The molecule has 5 heteroatoms. The van der Waals surface area contributed by atoms with Crippen LogP contribution in [0, 0.1) is 18.8 Å². The standard InChI is InChI=1S/C13H17N5/c1-9-2-3-18-12(4-9)15-13(16-18)17-7-10-5-14-6-11(10)8-17/h2-4,10-11,14H,5-8H2,1H3/t10-,11+. The van der Waals surface area contributed by atoms with Crippen molar-refractivity contribution in [3.63, 3.8) is 0 Å². The number of hydrogen-bond acceptors (Lipinski definition) is 4. The van der Waals surface area contributed by atoms with Crippen LogP contribution in [-0.4, -0.2) is 40.8 Å². The van der Waals surface area contributed by atoms with Crippen molar-refractivity contribution in [3.8, 4) is 0 Å². The molecule has 0 amide bonds. The summed E-state index contributed by atoms with van der Waals surface area (Å²) < 4.78 is 1.87. The Labute approximate surface area is 106 Å². The lowest BCUT2D eigenvalue weighted by atomic mass is 10.0. The largest absolute Gasteiger partial charge is 0.339 e. The lowest BCUT2D eigenvalue weighted by molar-refractivity contribution is 0.533. The summed E-state index contributed by atoms with van der Waals surface area (Å²) >= 11 is 0. The van der Waals surface area contributed by atoms with Crippen molar-refractivity contribution in [2.24, 2.45) is 11.8 Å². The molecule has 0 radical (unpaired) electrons. The van der Waals surface area contributed by atoms with Gasteiger partial charge in [-0.15, -0.1) is 5.10 Å². The van der Waals surface area contributed by atoms with E-state index in [0.717, 1.165) is 49.6 Å². The van der Waals surface area contributed by atoms with E-state index < -0.39 is 0 Å². The molecule has 0 spiro atoms. The Morgan fingerprint density at radius 1 is 1.28 bits per heavy atom. The lowest BCUT2D eigenvalue weighted by Gasteiger charge is -2.14. The van der Waals surface area contributed by atoms with Crippen LogP contribution in [0.25, 0.3) is 5.65 Å². The summed E-state index contributed by atoms with van der Waals surface area (Å²) in [5, 5.41) is 8.03. The molecule has 2 fully saturated rings. The zero-order chi connectivity index (χ0) is 12.1. The van der Waals surface area contributed by atoms with E-state index in [1.165, 1.54) is 5.56 Å². The van der Waals surface area contributed by atoms with Gasteiger partial charge >= 0.3 is 0 Å². The molecule has 0 bridgehead atoms. The van der Waals surface area contributed by atoms with Crippen LogP contribution in [0.4, 0.5) is 5.95 Å². The third-order valence-electron chi connectivity index (χ3n) is 4.15. The maximum atomic E-state index is 4.64. The van der Waals surface area contributed by atoms with Gasteiger partial charge in [-0.05, 0) is 36.5 Å². The number of aryl methyl sites for hydroxylation is 1. The Balaban J connectivity index is 1.67. The normalized spacial score (nSPS) is 27.1. The number of pyridine rings is 1. The third-order valence-corrected chi connectivity index (χ3v) is 4.15. The molecular formula is C13H17N5. The number of rotatable bonds is 1. The van der Waals surface area contributed by atoms with Gasteiger partial charge < -0.3 is 10.2 Å². The molecule has 2 aromatic rings. The van der Waals surface area contributed by atoms with Gasteiger partial charge in [0.2, 0.25) is 5.95 Å². The summed E-state index contributed by atoms with van der Waals surface area (Å²) in [6.07, 6.45) is 1.99. The van der Waals surface area contributed by atoms with Gasteiger partial charge in [-0.3, -0.25) is 0 Å². The van der Waals surface area contributed by atoms with Crippen LogP contribution in [0.1, 0.15) is 5.56 Å². The highest BCUT2D eigenvalue weighted by atomic mass is 15.4. The van der Waals surface area contributed by atoms with Gasteiger partial charge in [-0.1, -0.05) is 0 Å². The maximum Gasteiger partial charge on any atom is 0.245 e. The Kier molecular flexibility index (Phi) is 2.11. The molecule has 0 aliphatic carbocycles. The predicted octanol–water partition coefficient (Wildman–Crippen LogP) is 0.693. The minimum absolute atomic E-state index is 0.776. The fourth-order valence-corrected chi connectivity index (χ4v) is 3.12. The van der Waals surface area contributed by atoms with Crippen molar-refractivity contribution >= 4 is 11.6 Å². The second-order valence-electron chi connectivity index (χ2n) is 5.50.